The fraction of sp³-hybridized carbons (Fsp3) is 0.233. The van der Waals surface area contributed by atoms with Gasteiger partial charge in [-0.05, 0) is 43.2 Å². The van der Waals surface area contributed by atoms with Crippen molar-refractivity contribution in [2.45, 2.75) is 19.9 Å². The van der Waals surface area contributed by atoms with E-state index in [1.165, 1.54) is 0 Å². The average molecular weight is 478 g/mol. The van der Waals surface area contributed by atoms with Crippen LogP contribution < -0.4 is 5.43 Å². The molecule has 1 aliphatic heterocycles. The van der Waals surface area contributed by atoms with Crippen LogP contribution in [-0.2, 0) is 6.54 Å². The van der Waals surface area contributed by atoms with Gasteiger partial charge in [0.15, 0.2) is 11.0 Å². The molecule has 2 heterocycles. The molecule has 0 unspecified atom stereocenters. The van der Waals surface area contributed by atoms with E-state index in [0.717, 1.165) is 37.2 Å². The minimum absolute atomic E-state index is 0.116. The molecule has 36 heavy (non-hydrogen) atoms. The lowest BCUT2D eigenvalue weighted by atomic mass is 10.0. The van der Waals surface area contributed by atoms with Gasteiger partial charge in [-0.25, -0.2) is 0 Å². The molecule has 6 heteroatoms. The van der Waals surface area contributed by atoms with Gasteiger partial charge in [0.05, 0.1) is 22.6 Å². The maximum absolute atomic E-state index is 13.7. The van der Waals surface area contributed by atoms with Gasteiger partial charge in [-0.2, -0.15) is 5.26 Å². The predicted molar refractivity (Wildman–Crippen MR) is 140 cm³/mol. The molecule has 0 radical (unpaired) electrons. The lowest BCUT2D eigenvalue weighted by molar-refractivity contribution is 0.0762. The first-order valence-corrected chi connectivity index (χ1v) is 12.2. The minimum atomic E-state index is -0.119. The van der Waals surface area contributed by atoms with Gasteiger partial charge < -0.3 is 9.32 Å². The van der Waals surface area contributed by atoms with Crippen molar-refractivity contribution in [3.05, 3.63) is 105 Å². The van der Waals surface area contributed by atoms with E-state index < -0.39 is 0 Å². The molecule has 0 N–H and O–H groups in total. The fourth-order valence-corrected chi connectivity index (χ4v) is 4.79. The van der Waals surface area contributed by atoms with Gasteiger partial charge in [-0.3, -0.25) is 14.5 Å². The minimum Gasteiger partial charge on any atom is -0.455 e. The van der Waals surface area contributed by atoms with Crippen LogP contribution in [0.15, 0.2) is 82.0 Å². The normalized spacial score (nSPS) is 14.4. The number of hydrogen-bond acceptors (Lipinski definition) is 5. The zero-order valence-corrected chi connectivity index (χ0v) is 20.2. The first-order chi connectivity index (χ1) is 17.5. The second kappa shape index (κ2) is 10.2. The number of carbonyl (C=O) groups excluding carboxylic acids is 1. The third-order valence-electron chi connectivity index (χ3n) is 6.78. The summed E-state index contributed by atoms with van der Waals surface area (Å²) in [6, 6.07) is 24.5. The summed E-state index contributed by atoms with van der Waals surface area (Å²) in [7, 11) is 0. The Kier molecular flexibility index (Phi) is 6.66. The third-order valence-corrected chi connectivity index (χ3v) is 6.78. The van der Waals surface area contributed by atoms with E-state index in [2.05, 4.69) is 11.0 Å². The van der Waals surface area contributed by atoms with Gasteiger partial charge in [-0.15, -0.1) is 0 Å². The summed E-state index contributed by atoms with van der Waals surface area (Å²) in [6.45, 7) is 5.39. The Morgan fingerprint density at radius 1 is 0.944 bits per heavy atom. The van der Waals surface area contributed by atoms with Crippen LogP contribution in [-0.4, -0.2) is 41.9 Å². The van der Waals surface area contributed by atoms with Crippen LogP contribution in [0.5, 0.6) is 0 Å². The van der Waals surface area contributed by atoms with Crippen molar-refractivity contribution in [3.8, 4) is 17.4 Å². The Morgan fingerprint density at radius 2 is 1.72 bits per heavy atom. The molecule has 0 atom stereocenters. The van der Waals surface area contributed by atoms with Crippen LogP contribution in [0.1, 0.15) is 33.5 Å². The van der Waals surface area contributed by atoms with Crippen LogP contribution >= 0.6 is 0 Å². The largest absolute Gasteiger partial charge is 0.455 e. The molecule has 0 aliphatic carbocycles. The Balaban J connectivity index is 1.40. The monoisotopic (exact) mass is 477 g/mol. The van der Waals surface area contributed by atoms with Crippen molar-refractivity contribution in [3.63, 3.8) is 0 Å². The Labute approximate surface area is 210 Å². The number of amides is 1. The van der Waals surface area contributed by atoms with Gasteiger partial charge in [-0.1, -0.05) is 48.5 Å². The van der Waals surface area contributed by atoms with Gasteiger partial charge in [0.2, 0.25) is 0 Å². The van der Waals surface area contributed by atoms with Crippen molar-refractivity contribution in [1.82, 2.24) is 9.80 Å². The van der Waals surface area contributed by atoms with Crippen molar-refractivity contribution in [2.75, 3.05) is 26.2 Å². The third kappa shape index (κ3) is 4.66. The molecule has 1 aliphatic rings. The molecular weight excluding hydrogens is 450 g/mol. The molecular formula is C30H27N3O3. The van der Waals surface area contributed by atoms with E-state index in [1.54, 1.807) is 25.1 Å². The molecule has 1 amide bonds. The highest BCUT2D eigenvalue weighted by molar-refractivity contribution is 6.05. The standard InChI is InChI=1S/C30H27N3O3/c1-21-27(34)25-9-5-10-26(29(25)36-28(21)24-7-3-2-4-8-24)30(35)33-16-6-15-32(17-18-33)20-23-13-11-22(19-31)12-14-23/h2-5,7-14H,6,15-18,20H2,1H3. The van der Waals surface area contributed by atoms with Crippen molar-refractivity contribution < 1.29 is 9.21 Å². The number of hydrogen-bond donors (Lipinski definition) is 0. The van der Waals surface area contributed by atoms with Crippen LogP contribution in [0.2, 0.25) is 0 Å². The summed E-state index contributed by atoms with van der Waals surface area (Å²) < 4.78 is 6.27. The first-order valence-electron chi connectivity index (χ1n) is 12.2. The zero-order chi connectivity index (χ0) is 25.1. The first kappa shape index (κ1) is 23.5. The second-order valence-corrected chi connectivity index (χ2v) is 9.16. The number of para-hydroxylation sites is 1. The molecule has 180 valence electrons. The Morgan fingerprint density at radius 3 is 2.47 bits per heavy atom. The van der Waals surface area contributed by atoms with Crippen LogP contribution in [0.25, 0.3) is 22.3 Å². The van der Waals surface area contributed by atoms with Crippen LogP contribution in [0.4, 0.5) is 0 Å². The quantitative estimate of drug-likeness (QED) is 0.414. The molecule has 0 saturated carbocycles. The van der Waals surface area contributed by atoms with Crippen LogP contribution in [0, 0.1) is 18.3 Å². The lowest BCUT2D eigenvalue weighted by Crippen LogP contribution is -2.35. The second-order valence-electron chi connectivity index (χ2n) is 9.16. The summed E-state index contributed by atoms with van der Waals surface area (Å²) >= 11 is 0. The summed E-state index contributed by atoms with van der Waals surface area (Å²) in [6.07, 6.45) is 0.852. The fourth-order valence-electron chi connectivity index (χ4n) is 4.79. The summed E-state index contributed by atoms with van der Waals surface area (Å²) in [5.74, 6) is 0.379. The van der Waals surface area contributed by atoms with E-state index in [1.807, 2.05) is 59.5 Å². The van der Waals surface area contributed by atoms with Gasteiger partial charge in [0.25, 0.3) is 5.91 Å². The maximum Gasteiger partial charge on any atom is 0.257 e. The van der Waals surface area contributed by atoms with E-state index in [-0.39, 0.29) is 11.3 Å². The molecule has 1 saturated heterocycles. The smallest absolute Gasteiger partial charge is 0.257 e. The summed E-state index contributed by atoms with van der Waals surface area (Å²) in [5, 5.41) is 9.43. The number of carbonyl (C=O) groups is 1. The summed E-state index contributed by atoms with van der Waals surface area (Å²) in [4.78, 5) is 31.0. The van der Waals surface area contributed by atoms with Crippen molar-refractivity contribution in [2.24, 2.45) is 0 Å². The summed E-state index contributed by atoms with van der Waals surface area (Å²) in [5.41, 5.74) is 3.79. The Bertz CT molecular complexity index is 1500. The molecule has 0 spiro atoms. The van der Waals surface area contributed by atoms with Crippen LogP contribution in [0.3, 0.4) is 0 Å². The van der Waals surface area contributed by atoms with E-state index in [9.17, 15) is 9.59 Å². The number of nitrogens with zero attached hydrogens (tertiary/aromatic N) is 3. The maximum atomic E-state index is 13.7. The molecule has 1 fully saturated rings. The molecule has 4 aromatic rings. The molecule has 5 rings (SSSR count). The van der Waals surface area contributed by atoms with Crippen molar-refractivity contribution >= 4 is 16.9 Å². The number of benzene rings is 3. The van der Waals surface area contributed by atoms with Gasteiger partial charge >= 0.3 is 0 Å². The number of fused-ring (bicyclic) bond motifs is 1. The number of rotatable bonds is 4. The highest BCUT2D eigenvalue weighted by atomic mass is 16.3. The molecule has 6 nitrogen and oxygen atoms in total. The van der Waals surface area contributed by atoms with Gasteiger partial charge in [0, 0.05) is 43.9 Å². The van der Waals surface area contributed by atoms with E-state index in [4.69, 9.17) is 9.68 Å². The molecule has 1 aromatic heterocycles. The van der Waals surface area contributed by atoms with E-state index >= 15 is 0 Å². The zero-order valence-electron chi connectivity index (χ0n) is 20.2. The molecule has 0 bridgehead atoms. The SMILES string of the molecule is Cc1c(-c2ccccc2)oc2c(C(=O)N3CCCN(Cc4ccc(C#N)cc4)CC3)cccc2c1=O. The highest BCUT2D eigenvalue weighted by Gasteiger charge is 2.24. The lowest BCUT2D eigenvalue weighted by Gasteiger charge is -2.22. The molecule has 3 aromatic carbocycles. The highest BCUT2D eigenvalue weighted by Crippen LogP contribution is 2.28. The number of nitriles is 1. The van der Waals surface area contributed by atoms with E-state index in [0.29, 0.717) is 46.5 Å². The Hall–Kier alpha value is -4.21. The average Bonchev–Trinajstić information content (AvgIpc) is 3.16. The van der Waals surface area contributed by atoms with Crippen molar-refractivity contribution in [1.29, 1.82) is 5.26 Å². The van der Waals surface area contributed by atoms with Gasteiger partial charge in [0.1, 0.15) is 5.76 Å². The predicted octanol–water partition coefficient (Wildman–Crippen LogP) is 4.99. The topological polar surface area (TPSA) is 77.6 Å².